The minimum absolute atomic E-state index is 0.680. The minimum Gasteiger partial charge on any atom is -0.393 e. The maximum atomic E-state index is 14.0. The second-order valence-electron chi connectivity index (χ2n) is 4.11. The first kappa shape index (κ1) is 14.2. The lowest BCUT2D eigenvalue weighted by Gasteiger charge is -2.23. The highest BCUT2D eigenvalue weighted by Crippen LogP contribution is 2.39. The molecule has 2 rings (SSSR count). The molecule has 1 aliphatic heterocycles. The second-order valence-corrected chi connectivity index (χ2v) is 4.11. The van der Waals surface area contributed by atoms with Gasteiger partial charge in [0.1, 0.15) is 6.10 Å². The summed E-state index contributed by atoms with van der Waals surface area (Å²) in [6, 6.07) is 0.955. The first-order valence-corrected chi connectivity index (χ1v) is 5.44. The zero-order valence-electron chi connectivity index (χ0n) is 9.88. The third kappa shape index (κ3) is 2.08. The molecule has 10 nitrogen and oxygen atoms in total. The van der Waals surface area contributed by atoms with E-state index in [-0.39, 0.29) is 0 Å². The SMILES string of the molecule is [N-]=[N+]=N[C@]1(CO)O[C@@H](n2ccc(=O)[nH]c2=O)[C@H](F)C1O. The van der Waals surface area contributed by atoms with Crippen molar-refractivity contribution in [3.05, 3.63) is 43.5 Å². The van der Waals surface area contributed by atoms with Crippen LogP contribution < -0.4 is 11.2 Å². The highest BCUT2D eigenvalue weighted by Gasteiger charge is 2.56. The van der Waals surface area contributed by atoms with Crippen molar-refractivity contribution in [3.8, 4) is 0 Å². The molecule has 2 heterocycles. The fourth-order valence-corrected chi connectivity index (χ4v) is 1.91. The smallest absolute Gasteiger partial charge is 0.330 e. The molecule has 20 heavy (non-hydrogen) atoms. The van der Waals surface area contributed by atoms with Crippen LogP contribution in [0.5, 0.6) is 0 Å². The topological polar surface area (TPSA) is 153 Å². The number of nitrogens with one attached hydrogen (secondary N) is 1. The normalized spacial score (nSPS) is 32.9. The maximum Gasteiger partial charge on any atom is 0.330 e. The lowest BCUT2D eigenvalue weighted by Crippen LogP contribution is -2.43. The number of alkyl halides is 1. The van der Waals surface area contributed by atoms with Crippen LogP contribution in [0.15, 0.2) is 27.0 Å². The van der Waals surface area contributed by atoms with Crippen LogP contribution in [0.25, 0.3) is 10.4 Å². The summed E-state index contributed by atoms with van der Waals surface area (Å²) in [7, 11) is 0. The van der Waals surface area contributed by atoms with Crippen molar-refractivity contribution in [1.29, 1.82) is 0 Å². The largest absolute Gasteiger partial charge is 0.393 e. The first-order chi connectivity index (χ1) is 9.45. The van der Waals surface area contributed by atoms with Crippen LogP contribution in [0.3, 0.4) is 0 Å². The summed E-state index contributed by atoms with van der Waals surface area (Å²) in [5, 5.41) is 21.9. The summed E-state index contributed by atoms with van der Waals surface area (Å²) in [5.41, 5.74) is 4.51. The zero-order valence-corrected chi connectivity index (χ0v) is 9.88. The summed E-state index contributed by atoms with van der Waals surface area (Å²) in [6.07, 6.45) is -4.79. The maximum absolute atomic E-state index is 14.0. The molecule has 1 fully saturated rings. The number of H-pyrrole nitrogens is 1. The Bertz CT molecular complexity index is 667. The summed E-state index contributed by atoms with van der Waals surface area (Å²) in [5.74, 6) is 0. The number of ether oxygens (including phenoxy) is 1. The van der Waals surface area contributed by atoms with E-state index in [1.165, 1.54) is 0 Å². The Labute approximate surface area is 109 Å². The first-order valence-electron chi connectivity index (χ1n) is 5.44. The van der Waals surface area contributed by atoms with Crippen LogP contribution in [0.2, 0.25) is 0 Å². The lowest BCUT2D eigenvalue weighted by atomic mass is 10.1. The van der Waals surface area contributed by atoms with Gasteiger partial charge in [0.2, 0.25) is 5.72 Å². The van der Waals surface area contributed by atoms with Gasteiger partial charge in [0.25, 0.3) is 5.56 Å². The Morgan fingerprint density at radius 3 is 2.90 bits per heavy atom. The van der Waals surface area contributed by atoms with E-state index in [0.29, 0.717) is 4.57 Å². The van der Waals surface area contributed by atoms with Crippen molar-refractivity contribution in [3.63, 3.8) is 0 Å². The number of hydrogen-bond acceptors (Lipinski definition) is 6. The molecule has 0 aliphatic carbocycles. The monoisotopic (exact) mass is 287 g/mol. The van der Waals surface area contributed by atoms with Crippen LogP contribution in [0.4, 0.5) is 4.39 Å². The van der Waals surface area contributed by atoms with Gasteiger partial charge in [0.05, 0.1) is 6.61 Å². The van der Waals surface area contributed by atoms with Crippen molar-refractivity contribution in [1.82, 2.24) is 9.55 Å². The Hall–Kier alpha value is -2.20. The number of aliphatic hydroxyl groups is 2. The Kier molecular flexibility index (Phi) is 3.59. The van der Waals surface area contributed by atoms with Crippen molar-refractivity contribution < 1.29 is 19.3 Å². The molecule has 3 N–H and O–H groups in total. The van der Waals surface area contributed by atoms with E-state index in [1.807, 2.05) is 4.98 Å². The number of nitrogens with zero attached hydrogens (tertiary/aromatic N) is 4. The van der Waals surface area contributed by atoms with Gasteiger partial charge in [-0.25, -0.2) is 9.18 Å². The van der Waals surface area contributed by atoms with Gasteiger partial charge < -0.3 is 14.9 Å². The predicted molar refractivity (Wildman–Crippen MR) is 61.3 cm³/mol. The molecule has 0 bridgehead atoms. The number of aliphatic hydroxyl groups excluding tert-OH is 2. The summed E-state index contributed by atoms with van der Waals surface area (Å²) in [4.78, 5) is 26.7. The average Bonchev–Trinajstić information content (AvgIpc) is 2.65. The summed E-state index contributed by atoms with van der Waals surface area (Å²) >= 11 is 0. The third-order valence-corrected chi connectivity index (χ3v) is 2.93. The van der Waals surface area contributed by atoms with E-state index in [2.05, 4.69) is 10.0 Å². The van der Waals surface area contributed by atoms with Crippen LogP contribution in [-0.2, 0) is 4.74 Å². The number of hydrogen-bond donors (Lipinski definition) is 3. The molecule has 1 saturated heterocycles. The highest BCUT2D eigenvalue weighted by atomic mass is 19.1. The Morgan fingerprint density at radius 1 is 1.65 bits per heavy atom. The van der Waals surface area contributed by atoms with Crippen LogP contribution in [-0.4, -0.2) is 44.4 Å². The standard InChI is InChI=1S/C9H10FN5O5/c10-5-6(18)9(3-16,13-14-11)20-7(5)15-2-1-4(17)12-8(15)19/h1-2,5-7,16,18H,3H2,(H,12,17,19)/t5-,6?,7-,9-/m1/s1. The Balaban J connectivity index is 2.47. The minimum atomic E-state index is -2.23. The Morgan fingerprint density at radius 2 is 2.35 bits per heavy atom. The van der Waals surface area contributed by atoms with E-state index >= 15 is 0 Å². The molecular weight excluding hydrogens is 277 g/mol. The molecule has 0 saturated carbocycles. The average molecular weight is 287 g/mol. The molecule has 1 aromatic heterocycles. The quantitative estimate of drug-likeness (QED) is 0.360. The number of aromatic nitrogens is 2. The van der Waals surface area contributed by atoms with E-state index < -0.39 is 42.1 Å². The number of rotatable bonds is 3. The van der Waals surface area contributed by atoms with Crippen molar-refractivity contribution >= 4 is 0 Å². The molecule has 0 amide bonds. The van der Waals surface area contributed by atoms with Gasteiger partial charge in [-0.1, -0.05) is 5.11 Å². The summed E-state index contributed by atoms with van der Waals surface area (Å²) in [6.45, 7) is -0.979. The van der Waals surface area contributed by atoms with Gasteiger partial charge >= 0.3 is 5.69 Å². The second kappa shape index (κ2) is 5.06. The van der Waals surface area contributed by atoms with Crippen molar-refractivity contribution in [2.45, 2.75) is 24.2 Å². The van der Waals surface area contributed by atoms with Gasteiger partial charge in [-0.15, -0.1) is 0 Å². The lowest BCUT2D eigenvalue weighted by molar-refractivity contribution is -0.124. The van der Waals surface area contributed by atoms with Gasteiger partial charge in [-0.2, -0.15) is 0 Å². The van der Waals surface area contributed by atoms with Gasteiger partial charge in [0, 0.05) is 17.2 Å². The van der Waals surface area contributed by atoms with Gasteiger partial charge in [-0.05, 0) is 5.53 Å². The van der Waals surface area contributed by atoms with Crippen LogP contribution in [0.1, 0.15) is 6.23 Å². The molecule has 108 valence electrons. The molecule has 4 atom stereocenters. The molecule has 1 aromatic rings. The molecule has 1 aliphatic rings. The van der Waals surface area contributed by atoms with E-state index in [9.17, 15) is 19.1 Å². The fraction of sp³-hybridized carbons (Fsp3) is 0.556. The van der Waals surface area contributed by atoms with E-state index in [1.54, 1.807) is 0 Å². The van der Waals surface area contributed by atoms with Crippen LogP contribution >= 0.6 is 0 Å². The van der Waals surface area contributed by atoms with E-state index in [0.717, 1.165) is 12.3 Å². The number of halogens is 1. The number of aromatic amines is 1. The van der Waals surface area contributed by atoms with Crippen molar-refractivity contribution in [2.24, 2.45) is 5.11 Å². The fourth-order valence-electron chi connectivity index (χ4n) is 1.91. The molecular formula is C9H10FN5O5. The third-order valence-electron chi connectivity index (χ3n) is 2.93. The summed E-state index contributed by atoms with van der Waals surface area (Å²) < 4.78 is 19.7. The van der Waals surface area contributed by atoms with Crippen molar-refractivity contribution in [2.75, 3.05) is 6.61 Å². The van der Waals surface area contributed by atoms with Crippen LogP contribution in [0, 0.1) is 0 Å². The molecule has 0 aromatic carbocycles. The van der Waals surface area contributed by atoms with E-state index in [4.69, 9.17) is 15.4 Å². The van der Waals surface area contributed by atoms with Gasteiger partial charge in [-0.3, -0.25) is 14.3 Å². The zero-order chi connectivity index (χ0) is 14.9. The molecule has 11 heteroatoms. The predicted octanol–water partition coefficient (Wildman–Crippen LogP) is -1.24. The molecule has 1 unspecified atom stereocenters. The molecule has 0 spiro atoms. The van der Waals surface area contributed by atoms with Gasteiger partial charge in [0.15, 0.2) is 12.4 Å². The number of azide groups is 1. The highest BCUT2D eigenvalue weighted by molar-refractivity contribution is 5.01. The molecule has 0 radical (unpaired) electrons.